The van der Waals surface area contributed by atoms with Crippen molar-refractivity contribution < 1.29 is 4.74 Å². The van der Waals surface area contributed by atoms with E-state index >= 15 is 0 Å². The van der Waals surface area contributed by atoms with E-state index in [9.17, 15) is 0 Å². The van der Waals surface area contributed by atoms with E-state index in [1.165, 1.54) is 5.56 Å². The van der Waals surface area contributed by atoms with Crippen LogP contribution in [0.25, 0.3) is 0 Å². The van der Waals surface area contributed by atoms with Crippen molar-refractivity contribution in [1.29, 1.82) is 0 Å². The van der Waals surface area contributed by atoms with Gasteiger partial charge in [-0.05, 0) is 30.9 Å². The second-order valence-corrected chi connectivity index (χ2v) is 3.83. The molecule has 1 aromatic rings. The van der Waals surface area contributed by atoms with Crippen molar-refractivity contribution in [2.24, 2.45) is 0 Å². The Bertz CT molecular complexity index is 247. The number of hydrogen-bond donors (Lipinski definition) is 0. The molecule has 1 rings (SSSR count). The van der Waals surface area contributed by atoms with E-state index in [1.807, 2.05) is 23.9 Å². The number of ether oxygens (including phenoxy) is 1. The molecule has 0 bridgehead atoms. The minimum Gasteiger partial charge on any atom is -0.497 e. The summed E-state index contributed by atoms with van der Waals surface area (Å²) in [5, 5.41) is 0.542. The Labute approximate surface area is 78.1 Å². The van der Waals surface area contributed by atoms with Gasteiger partial charge in [-0.2, -0.15) is 11.8 Å². The minimum atomic E-state index is 0.542. The molecule has 0 saturated carbocycles. The Kier molecular flexibility index (Phi) is 3.48. The summed E-state index contributed by atoms with van der Waals surface area (Å²) in [6.07, 6.45) is 2.12. The Morgan fingerprint density at radius 1 is 1.42 bits per heavy atom. The molecule has 0 aliphatic carbocycles. The molecule has 0 aliphatic rings. The van der Waals surface area contributed by atoms with E-state index in [-0.39, 0.29) is 0 Å². The van der Waals surface area contributed by atoms with Crippen LogP contribution >= 0.6 is 11.8 Å². The summed E-state index contributed by atoms with van der Waals surface area (Å²) in [6.45, 7) is 2.19. The number of rotatable bonds is 3. The summed E-state index contributed by atoms with van der Waals surface area (Å²) in [4.78, 5) is 0. The first-order chi connectivity index (χ1) is 5.77. The molecule has 0 spiro atoms. The lowest BCUT2D eigenvalue weighted by Gasteiger charge is -2.09. The molecule has 0 aromatic heterocycles. The SMILES string of the molecule is COc1cccc([C@@H](C)SC)c1. The Morgan fingerprint density at radius 2 is 2.17 bits per heavy atom. The number of thioether (sulfide) groups is 1. The predicted octanol–water partition coefficient (Wildman–Crippen LogP) is 3.12. The molecular formula is C10H14OS. The molecule has 0 unspecified atom stereocenters. The Hall–Kier alpha value is -0.630. The summed E-state index contributed by atoms with van der Waals surface area (Å²) in [5.74, 6) is 0.938. The maximum atomic E-state index is 5.14. The Balaban J connectivity index is 2.86. The summed E-state index contributed by atoms with van der Waals surface area (Å²) in [5.41, 5.74) is 1.32. The minimum absolute atomic E-state index is 0.542. The molecule has 1 aromatic carbocycles. The molecule has 0 aliphatic heterocycles. The molecular weight excluding hydrogens is 168 g/mol. The summed E-state index contributed by atoms with van der Waals surface area (Å²) < 4.78 is 5.14. The van der Waals surface area contributed by atoms with E-state index in [4.69, 9.17) is 4.74 Å². The number of benzene rings is 1. The zero-order valence-corrected chi connectivity index (χ0v) is 8.52. The fraction of sp³-hybridized carbons (Fsp3) is 0.400. The highest BCUT2D eigenvalue weighted by atomic mass is 32.2. The van der Waals surface area contributed by atoms with Crippen molar-refractivity contribution in [2.45, 2.75) is 12.2 Å². The van der Waals surface area contributed by atoms with Crippen LogP contribution in [0.3, 0.4) is 0 Å². The van der Waals surface area contributed by atoms with Crippen molar-refractivity contribution in [2.75, 3.05) is 13.4 Å². The molecule has 2 heteroatoms. The van der Waals surface area contributed by atoms with Gasteiger partial charge < -0.3 is 4.74 Å². The molecule has 0 N–H and O–H groups in total. The normalized spacial score (nSPS) is 12.6. The monoisotopic (exact) mass is 182 g/mol. The third-order valence-electron chi connectivity index (χ3n) is 1.92. The third-order valence-corrected chi connectivity index (χ3v) is 2.90. The predicted molar refractivity (Wildman–Crippen MR) is 54.9 cm³/mol. The lowest BCUT2D eigenvalue weighted by molar-refractivity contribution is 0.414. The standard InChI is InChI=1S/C10H14OS/c1-8(12-3)9-5-4-6-10(7-9)11-2/h4-8H,1-3H3/t8-/m1/s1. The lowest BCUT2D eigenvalue weighted by atomic mass is 10.1. The first kappa shape index (κ1) is 9.46. The molecule has 0 fully saturated rings. The highest BCUT2D eigenvalue weighted by Crippen LogP contribution is 2.27. The van der Waals surface area contributed by atoms with Crippen LogP contribution < -0.4 is 4.74 Å². The molecule has 1 atom stereocenters. The van der Waals surface area contributed by atoms with Gasteiger partial charge in [-0.25, -0.2) is 0 Å². The molecule has 66 valence electrons. The quantitative estimate of drug-likeness (QED) is 0.710. The zero-order valence-electron chi connectivity index (χ0n) is 7.70. The van der Waals surface area contributed by atoms with Gasteiger partial charge in [-0.1, -0.05) is 12.1 Å². The van der Waals surface area contributed by atoms with Crippen molar-refractivity contribution in [3.8, 4) is 5.75 Å². The van der Waals surface area contributed by atoms with E-state index in [0.717, 1.165) is 5.75 Å². The van der Waals surface area contributed by atoms with Crippen LogP contribution in [-0.4, -0.2) is 13.4 Å². The van der Waals surface area contributed by atoms with Gasteiger partial charge in [-0.15, -0.1) is 0 Å². The van der Waals surface area contributed by atoms with Gasteiger partial charge in [0.25, 0.3) is 0 Å². The molecule has 12 heavy (non-hydrogen) atoms. The van der Waals surface area contributed by atoms with Gasteiger partial charge in [0.2, 0.25) is 0 Å². The van der Waals surface area contributed by atoms with E-state index < -0.39 is 0 Å². The van der Waals surface area contributed by atoms with E-state index in [0.29, 0.717) is 5.25 Å². The highest BCUT2D eigenvalue weighted by molar-refractivity contribution is 7.98. The van der Waals surface area contributed by atoms with Gasteiger partial charge in [0.15, 0.2) is 0 Å². The third kappa shape index (κ3) is 2.18. The van der Waals surface area contributed by atoms with Crippen LogP contribution in [0.4, 0.5) is 0 Å². The summed E-state index contributed by atoms with van der Waals surface area (Å²) in [6, 6.07) is 8.21. The van der Waals surface area contributed by atoms with Crippen LogP contribution in [0, 0.1) is 0 Å². The average Bonchev–Trinajstić information content (AvgIpc) is 2.17. The van der Waals surface area contributed by atoms with Gasteiger partial charge in [0.1, 0.15) is 5.75 Å². The maximum Gasteiger partial charge on any atom is 0.119 e. The van der Waals surface area contributed by atoms with Crippen LogP contribution in [0.5, 0.6) is 5.75 Å². The molecule has 0 amide bonds. The largest absolute Gasteiger partial charge is 0.497 e. The summed E-state index contributed by atoms with van der Waals surface area (Å²) >= 11 is 1.84. The molecule has 0 radical (unpaired) electrons. The Morgan fingerprint density at radius 3 is 2.75 bits per heavy atom. The fourth-order valence-corrected chi connectivity index (χ4v) is 1.45. The number of hydrogen-bond acceptors (Lipinski definition) is 2. The van der Waals surface area contributed by atoms with E-state index in [2.05, 4.69) is 25.3 Å². The number of methoxy groups -OCH3 is 1. The maximum absolute atomic E-state index is 5.14. The summed E-state index contributed by atoms with van der Waals surface area (Å²) in [7, 11) is 1.70. The fourth-order valence-electron chi connectivity index (χ4n) is 1.03. The van der Waals surface area contributed by atoms with Gasteiger partial charge in [0.05, 0.1) is 7.11 Å². The topological polar surface area (TPSA) is 9.23 Å². The highest BCUT2D eigenvalue weighted by Gasteiger charge is 2.03. The molecule has 0 heterocycles. The van der Waals surface area contributed by atoms with Crippen LogP contribution in [-0.2, 0) is 0 Å². The smallest absolute Gasteiger partial charge is 0.119 e. The van der Waals surface area contributed by atoms with Gasteiger partial charge >= 0.3 is 0 Å². The second-order valence-electron chi connectivity index (χ2n) is 2.65. The second kappa shape index (κ2) is 4.41. The molecule has 1 nitrogen and oxygen atoms in total. The molecule has 0 saturated heterocycles. The first-order valence-corrected chi connectivity index (χ1v) is 5.23. The van der Waals surface area contributed by atoms with Gasteiger partial charge in [0, 0.05) is 5.25 Å². The van der Waals surface area contributed by atoms with E-state index in [1.54, 1.807) is 7.11 Å². The van der Waals surface area contributed by atoms with Crippen molar-refractivity contribution in [1.82, 2.24) is 0 Å². The van der Waals surface area contributed by atoms with Crippen molar-refractivity contribution in [3.63, 3.8) is 0 Å². The van der Waals surface area contributed by atoms with Crippen LogP contribution in [0.1, 0.15) is 17.7 Å². The van der Waals surface area contributed by atoms with Crippen molar-refractivity contribution >= 4 is 11.8 Å². The first-order valence-electron chi connectivity index (χ1n) is 3.94. The van der Waals surface area contributed by atoms with Crippen LogP contribution in [0.2, 0.25) is 0 Å². The lowest BCUT2D eigenvalue weighted by Crippen LogP contribution is -1.89. The average molecular weight is 182 g/mol. The van der Waals surface area contributed by atoms with Crippen molar-refractivity contribution in [3.05, 3.63) is 29.8 Å². The van der Waals surface area contributed by atoms with Crippen LogP contribution in [0.15, 0.2) is 24.3 Å². The zero-order chi connectivity index (χ0) is 8.97. The van der Waals surface area contributed by atoms with Gasteiger partial charge in [-0.3, -0.25) is 0 Å².